The van der Waals surface area contributed by atoms with E-state index in [1.54, 1.807) is 25.2 Å². The smallest absolute Gasteiger partial charge is 0.261 e. The molecule has 1 aromatic heterocycles. The Bertz CT molecular complexity index is 865. The van der Waals surface area contributed by atoms with Crippen molar-refractivity contribution in [1.82, 2.24) is 14.9 Å². The number of rotatable bonds is 3. The van der Waals surface area contributed by atoms with Crippen molar-refractivity contribution in [3.63, 3.8) is 0 Å². The van der Waals surface area contributed by atoms with E-state index in [0.717, 1.165) is 19.4 Å². The second-order valence-electron chi connectivity index (χ2n) is 5.87. The summed E-state index contributed by atoms with van der Waals surface area (Å²) >= 11 is 5.11. The first-order valence-corrected chi connectivity index (χ1v) is 8.04. The average molecular weight is 333 g/mol. The Balaban J connectivity index is 1.88. The molecule has 2 heterocycles. The van der Waals surface area contributed by atoms with Crippen LogP contribution in [0.1, 0.15) is 30.1 Å². The fourth-order valence-electron chi connectivity index (χ4n) is 2.83. The highest BCUT2D eigenvalue weighted by atomic mass is 32.1. The normalized spacial score (nSPS) is 19.0. The fourth-order valence-corrected chi connectivity index (χ4v) is 3.02. The van der Waals surface area contributed by atoms with Crippen molar-refractivity contribution in [3.8, 4) is 0 Å². The second-order valence-corrected chi connectivity index (χ2v) is 6.25. The van der Waals surface area contributed by atoms with Gasteiger partial charge in [-0.25, -0.2) is 0 Å². The molecule has 2 N–H and O–H groups in total. The first-order chi connectivity index (χ1) is 11.0. The minimum Gasteiger partial charge on any atom is -0.376 e. The van der Waals surface area contributed by atoms with Crippen LogP contribution < -0.4 is 10.9 Å². The van der Waals surface area contributed by atoms with Crippen molar-refractivity contribution in [2.75, 3.05) is 6.61 Å². The lowest BCUT2D eigenvalue weighted by atomic mass is 10.1. The summed E-state index contributed by atoms with van der Waals surface area (Å²) in [7, 11) is 1.62. The van der Waals surface area contributed by atoms with Crippen molar-refractivity contribution < 1.29 is 9.53 Å². The van der Waals surface area contributed by atoms with Gasteiger partial charge in [-0.1, -0.05) is 0 Å². The van der Waals surface area contributed by atoms with E-state index in [1.165, 1.54) is 4.57 Å². The molecule has 0 aliphatic carbocycles. The molecule has 7 heteroatoms. The number of nitrogens with one attached hydrogen (secondary N) is 2. The standard InChI is InChI=1S/C16H19N3O3S/c1-9(13-4-3-7-22-13)17-14(20)10-5-6-11-12(8-10)18-16(23)19(2)15(11)21/h5-6,8-9,13H,3-4,7H2,1-2H3,(H,17,20)(H,18,23). The lowest BCUT2D eigenvalue weighted by Gasteiger charge is -2.20. The predicted octanol–water partition coefficient (Wildman–Crippen LogP) is 1.89. The highest BCUT2D eigenvalue weighted by Gasteiger charge is 2.24. The molecule has 2 atom stereocenters. The summed E-state index contributed by atoms with van der Waals surface area (Å²) in [6.45, 7) is 2.69. The summed E-state index contributed by atoms with van der Waals surface area (Å²) in [6, 6.07) is 4.90. The van der Waals surface area contributed by atoms with Gasteiger partial charge in [-0.2, -0.15) is 0 Å². The van der Waals surface area contributed by atoms with Crippen molar-refractivity contribution in [2.45, 2.75) is 31.9 Å². The predicted molar refractivity (Wildman–Crippen MR) is 90.3 cm³/mol. The highest BCUT2D eigenvalue weighted by Crippen LogP contribution is 2.16. The van der Waals surface area contributed by atoms with Crippen molar-refractivity contribution in [2.24, 2.45) is 7.05 Å². The third-order valence-corrected chi connectivity index (χ3v) is 4.62. The van der Waals surface area contributed by atoms with Crippen LogP contribution in [0.4, 0.5) is 0 Å². The molecule has 23 heavy (non-hydrogen) atoms. The van der Waals surface area contributed by atoms with Gasteiger partial charge in [0.2, 0.25) is 0 Å². The van der Waals surface area contributed by atoms with Crippen molar-refractivity contribution in [3.05, 3.63) is 38.9 Å². The molecule has 1 saturated heterocycles. The number of nitrogens with zero attached hydrogens (tertiary/aromatic N) is 1. The largest absolute Gasteiger partial charge is 0.376 e. The number of H-pyrrole nitrogens is 1. The van der Waals surface area contributed by atoms with Gasteiger partial charge in [-0.3, -0.25) is 14.2 Å². The first kappa shape index (κ1) is 15.9. The zero-order valence-corrected chi connectivity index (χ0v) is 13.9. The maximum absolute atomic E-state index is 12.4. The summed E-state index contributed by atoms with van der Waals surface area (Å²) in [5.41, 5.74) is 0.875. The number of carbonyl (C=O) groups is 1. The van der Waals surface area contributed by atoms with Crippen LogP contribution in [0.3, 0.4) is 0 Å². The van der Waals surface area contributed by atoms with Gasteiger partial charge in [0.1, 0.15) is 0 Å². The van der Waals surface area contributed by atoms with Crippen LogP contribution in [0.25, 0.3) is 10.9 Å². The Morgan fingerprint density at radius 3 is 3.00 bits per heavy atom. The van der Waals surface area contributed by atoms with Crippen LogP contribution in [0.5, 0.6) is 0 Å². The molecule has 3 rings (SSSR count). The van der Waals surface area contributed by atoms with Gasteiger partial charge in [0.15, 0.2) is 4.77 Å². The molecule has 2 aromatic rings. The Hall–Kier alpha value is -1.99. The zero-order valence-electron chi connectivity index (χ0n) is 13.1. The molecular weight excluding hydrogens is 314 g/mol. The van der Waals surface area contributed by atoms with E-state index in [4.69, 9.17) is 17.0 Å². The molecule has 1 fully saturated rings. The van der Waals surface area contributed by atoms with Crippen LogP contribution in [-0.4, -0.2) is 34.2 Å². The molecule has 0 bridgehead atoms. The number of aromatic nitrogens is 2. The molecule has 122 valence electrons. The van der Waals surface area contributed by atoms with E-state index in [0.29, 0.717) is 21.2 Å². The number of ether oxygens (including phenoxy) is 1. The number of benzene rings is 1. The summed E-state index contributed by atoms with van der Waals surface area (Å²) in [4.78, 5) is 27.5. The summed E-state index contributed by atoms with van der Waals surface area (Å²) in [5, 5.41) is 3.46. The Morgan fingerprint density at radius 1 is 1.52 bits per heavy atom. The van der Waals surface area contributed by atoms with Gasteiger partial charge in [0.25, 0.3) is 11.5 Å². The lowest BCUT2D eigenvalue weighted by Crippen LogP contribution is -2.40. The summed E-state index contributed by atoms with van der Waals surface area (Å²) in [6.07, 6.45) is 2.06. The highest BCUT2D eigenvalue weighted by molar-refractivity contribution is 7.71. The van der Waals surface area contributed by atoms with E-state index in [2.05, 4.69) is 10.3 Å². The topological polar surface area (TPSA) is 76.1 Å². The van der Waals surface area contributed by atoms with E-state index in [9.17, 15) is 9.59 Å². The number of carbonyl (C=O) groups excluding carboxylic acids is 1. The van der Waals surface area contributed by atoms with Gasteiger partial charge in [-0.15, -0.1) is 0 Å². The number of hydrogen-bond acceptors (Lipinski definition) is 4. The van der Waals surface area contributed by atoms with Crippen LogP contribution in [0, 0.1) is 4.77 Å². The first-order valence-electron chi connectivity index (χ1n) is 7.63. The lowest BCUT2D eigenvalue weighted by molar-refractivity contribution is 0.0712. The molecule has 1 amide bonds. The molecule has 1 aliphatic rings. The molecule has 0 saturated carbocycles. The second kappa shape index (κ2) is 6.25. The average Bonchev–Trinajstić information content (AvgIpc) is 3.06. The van der Waals surface area contributed by atoms with Gasteiger partial charge in [0, 0.05) is 19.2 Å². The molecule has 2 unspecified atom stereocenters. The Labute approximate surface area is 138 Å². The monoisotopic (exact) mass is 333 g/mol. The van der Waals surface area contributed by atoms with E-state index in [-0.39, 0.29) is 23.6 Å². The van der Waals surface area contributed by atoms with Crippen molar-refractivity contribution >= 4 is 29.0 Å². The molecule has 1 aliphatic heterocycles. The fraction of sp³-hybridized carbons (Fsp3) is 0.438. The van der Waals surface area contributed by atoms with Crippen LogP contribution in [0.2, 0.25) is 0 Å². The zero-order chi connectivity index (χ0) is 16.6. The van der Waals surface area contributed by atoms with Gasteiger partial charge in [0.05, 0.1) is 23.0 Å². The number of hydrogen-bond donors (Lipinski definition) is 2. The summed E-state index contributed by atoms with van der Waals surface area (Å²) in [5.74, 6) is -0.185. The number of aromatic amines is 1. The minimum absolute atomic E-state index is 0.0529. The molecule has 1 aromatic carbocycles. The number of amides is 1. The van der Waals surface area contributed by atoms with E-state index >= 15 is 0 Å². The molecular formula is C16H19N3O3S. The molecule has 0 radical (unpaired) electrons. The molecule has 0 spiro atoms. The summed E-state index contributed by atoms with van der Waals surface area (Å²) < 4.78 is 7.29. The minimum atomic E-state index is -0.185. The van der Waals surface area contributed by atoms with Gasteiger partial charge in [-0.05, 0) is 50.2 Å². The number of fused-ring (bicyclic) bond motifs is 1. The van der Waals surface area contributed by atoms with Gasteiger partial charge < -0.3 is 15.0 Å². The van der Waals surface area contributed by atoms with Crippen LogP contribution in [-0.2, 0) is 11.8 Å². The van der Waals surface area contributed by atoms with E-state index < -0.39 is 0 Å². The molecule has 6 nitrogen and oxygen atoms in total. The van der Waals surface area contributed by atoms with Crippen molar-refractivity contribution in [1.29, 1.82) is 0 Å². The third-order valence-electron chi connectivity index (χ3n) is 4.24. The maximum atomic E-state index is 12.4. The Morgan fingerprint density at radius 2 is 2.30 bits per heavy atom. The van der Waals surface area contributed by atoms with Crippen LogP contribution in [0.15, 0.2) is 23.0 Å². The third kappa shape index (κ3) is 3.07. The Kier molecular flexibility index (Phi) is 4.32. The van der Waals surface area contributed by atoms with Crippen LogP contribution >= 0.6 is 12.2 Å². The van der Waals surface area contributed by atoms with E-state index in [1.807, 2.05) is 6.92 Å². The SMILES string of the molecule is CC(NC(=O)c1ccc2c(=O)n(C)c(=S)[nH]c2c1)C1CCCO1. The van der Waals surface area contributed by atoms with Gasteiger partial charge >= 0.3 is 0 Å². The quantitative estimate of drug-likeness (QED) is 0.841. The maximum Gasteiger partial charge on any atom is 0.261 e.